The Morgan fingerprint density at radius 1 is 1.32 bits per heavy atom. The van der Waals surface area contributed by atoms with Crippen LogP contribution in [0.15, 0.2) is 29.2 Å². The Balaban J connectivity index is 2.08. The average molecular weight is 376 g/mol. The van der Waals surface area contributed by atoms with E-state index in [9.17, 15) is 26.8 Å². The molecule has 25 heavy (non-hydrogen) atoms. The highest BCUT2D eigenvalue weighted by Gasteiger charge is 2.30. The predicted octanol–water partition coefficient (Wildman–Crippen LogP) is -0.869. The summed E-state index contributed by atoms with van der Waals surface area (Å²) in [6.07, 6.45) is 0. The number of alkyl halides is 2. The summed E-state index contributed by atoms with van der Waals surface area (Å²) < 4.78 is 52.0. The predicted molar refractivity (Wildman–Crippen MR) is 84.5 cm³/mol. The molecule has 1 aromatic carbocycles. The second-order valence-electron chi connectivity index (χ2n) is 5.46. The monoisotopic (exact) mass is 376 g/mol. The maximum Gasteiger partial charge on any atom is 0.277 e. The first-order chi connectivity index (χ1) is 11.7. The number of halogens is 2. The van der Waals surface area contributed by atoms with Crippen LogP contribution in [-0.4, -0.2) is 63.2 Å². The molecular weight excluding hydrogens is 358 g/mol. The van der Waals surface area contributed by atoms with E-state index in [1.807, 2.05) is 5.32 Å². The first-order valence-corrected chi connectivity index (χ1v) is 8.83. The van der Waals surface area contributed by atoms with Crippen molar-refractivity contribution in [2.45, 2.75) is 10.8 Å². The van der Waals surface area contributed by atoms with E-state index < -0.39 is 40.8 Å². The van der Waals surface area contributed by atoms with E-state index >= 15 is 0 Å². The van der Waals surface area contributed by atoms with Gasteiger partial charge in [-0.3, -0.25) is 9.59 Å². The number of benzene rings is 1. The molecule has 0 atom stereocenters. The molecule has 0 aliphatic carbocycles. The molecule has 0 spiro atoms. The number of hydrogen-bond acceptors (Lipinski definition) is 5. The van der Waals surface area contributed by atoms with Crippen molar-refractivity contribution in [3.63, 3.8) is 0 Å². The number of carbonyl (C=O) groups is 2. The Bertz CT molecular complexity index is 753. The summed E-state index contributed by atoms with van der Waals surface area (Å²) in [4.78, 5) is 23.1. The molecular formula is C14H18F2N4O4S. The minimum Gasteiger partial charge on any atom is -0.354 e. The van der Waals surface area contributed by atoms with Gasteiger partial charge in [-0.05, 0) is 24.3 Å². The van der Waals surface area contributed by atoms with Crippen molar-refractivity contribution in [2.24, 2.45) is 5.73 Å². The van der Waals surface area contributed by atoms with Gasteiger partial charge in [-0.15, -0.1) is 0 Å². The lowest BCUT2D eigenvalue weighted by atomic mass is 10.2. The third kappa shape index (κ3) is 4.71. The van der Waals surface area contributed by atoms with E-state index in [1.54, 1.807) is 0 Å². The molecule has 8 nitrogen and oxygen atoms in total. The summed E-state index contributed by atoms with van der Waals surface area (Å²) in [5, 5.41) is 4.56. The number of carbonyl (C=O) groups excluding carboxylic acids is 2. The van der Waals surface area contributed by atoms with Crippen LogP contribution in [0, 0.1) is 0 Å². The minimum absolute atomic E-state index is 0.0307. The van der Waals surface area contributed by atoms with Crippen LogP contribution < -0.4 is 16.4 Å². The van der Waals surface area contributed by atoms with Gasteiger partial charge in [0.15, 0.2) is 0 Å². The van der Waals surface area contributed by atoms with Crippen molar-refractivity contribution in [1.82, 2.24) is 14.9 Å². The average Bonchev–Trinajstić information content (AvgIpc) is 2.60. The molecule has 1 heterocycles. The highest BCUT2D eigenvalue weighted by atomic mass is 32.2. The molecule has 1 aromatic rings. The number of nitrogens with one attached hydrogen (secondary N) is 2. The Labute approximate surface area is 143 Å². The SMILES string of the molecule is NCC(F)(F)CNC(=O)c1ccc(S(=O)(=O)N2CCNC(=O)C2)cc1. The van der Waals surface area contributed by atoms with Crippen molar-refractivity contribution < 1.29 is 26.8 Å². The van der Waals surface area contributed by atoms with Gasteiger partial charge in [-0.2, -0.15) is 4.31 Å². The zero-order valence-electron chi connectivity index (χ0n) is 13.2. The highest BCUT2D eigenvalue weighted by molar-refractivity contribution is 7.89. The van der Waals surface area contributed by atoms with Crippen LogP contribution in [0.4, 0.5) is 8.78 Å². The summed E-state index contributed by atoms with van der Waals surface area (Å²) >= 11 is 0. The lowest BCUT2D eigenvalue weighted by molar-refractivity contribution is -0.122. The third-order valence-corrected chi connectivity index (χ3v) is 5.42. The molecule has 2 rings (SSSR count). The normalized spacial score (nSPS) is 16.4. The van der Waals surface area contributed by atoms with Gasteiger partial charge in [0.05, 0.1) is 24.5 Å². The van der Waals surface area contributed by atoms with Gasteiger partial charge in [0, 0.05) is 18.7 Å². The minimum atomic E-state index is -3.87. The van der Waals surface area contributed by atoms with Gasteiger partial charge in [-0.25, -0.2) is 17.2 Å². The molecule has 1 aliphatic rings. The van der Waals surface area contributed by atoms with Gasteiger partial charge in [0.25, 0.3) is 11.8 Å². The molecule has 11 heteroatoms. The van der Waals surface area contributed by atoms with Crippen molar-refractivity contribution in [1.29, 1.82) is 0 Å². The van der Waals surface area contributed by atoms with Crippen LogP contribution in [0.2, 0.25) is 0 Å². The second-order valence-corrected chi connectivity index (χ2v) is 7.39. The number of amides is 2. The Morgan fingerprint density at radius 2 is 1.96 bits per heavy atom. The van der Waals surface area contributed by atoms with E-state index in [1.165, 1.54) is 24.3 Å². The number of nitrogens with zero attached hydrogens (tertiary/aromatic N) is 1. The number of piperazine rings is 1. The molecule has 0 bridgehead atoms. The first kappa shape index (κ1) is 19.2. The van der Waals surface area contributed by atoms with Crippen LogP contribution in [0.25, 0.3) is 0 Å². The first-order valence-electron chi connectivity index (χ1n) is 7.39. The number of rotatable bonds is 6. The van der Waals surface area contributed by atoms with Gasteiger partial charge < -0.3 is 16.4 Å². The van der Waals surface area contributed by atoms with Gasteiger partial charge in [0.2, 0.25) is 15.9 Å². The molecule has 138 valence electrons. The molecule has 2 amide bonds. The summed E-state index contributed by atoms with van der Waals surface area (Å²) in [6, 6.07) is 4.81. The molecule has 0 radical (unpaired) electrons. The quantitative estimate of drug-likeness (QED) is 0.596. The summed E-state index contributed by atoms with van der Waals surface area (Å²) in [7, 11) is -3.87. The van der Waals surface area contributed by atoms with Crippen LogP contribution in [0.1, 0.15) is 10.4 Å². The summed E-state index contributed by atoms with van der Waals surface area (Å²) in [6.45, 7) is -1.73. The summed E-state index contributed by atoms with van der Waals surface area (Å²) in [5.41, 5.74) is 4.91. The van der Waals surface area contributed by atoms with E-state index in [0.29, 0.717) is 0 Å². The maximum atomic E-state index is 13.0. The zero-order valence-corrected chi connectivity index (χ0v) is 14.0. The van der Waals surface area contributed by atoms with Crippen LogP contribution in [0.5, 0.6) is 0 Å². The zero-order chi connectivity index (χ0) is 18.7. The number of hydrogen-bond donors (Lipinski definition) is 3. The van der Waals surface area contributed by atoms with Crippen molar-refractivity contribution >= 4 is 21.8 Å². The smallest absolute Gasteiger partial charge is 0.277 e. The molecule has 1 fully saturated rings. The van der Waals surface area contributed by atoms with Gasteiger partial charge in [0.1, 0.15) is 0 Å². The third-order valence-electron chi connectivity index (χ3n) is 3.56. The van der Waals surface area contributed by atoms with Crippen LogP contribution in [-0.2, 0) is 14.8 Å². The fourth-order valence-electron chi connectivity index (χ4n) is 2.13. The molecule has 0 saturated carbocycles. The van der Waals surface area contributed by atoms with Crippen molar-refractivity contribution in [3.8, 4) is 0 Å². The lowest BCUT2D eigenvalue weighted by Crippen LogP contribution is -2.49. The molecule has 1 aliphatic heterocycles. The van der Waals surface area contributed by atoms with Gasteiger partial charge >= 0.3 is 0 Å². The van der Waals surface area contributed by atoms with Crippen molar-refractivity contribution in [3.05, 3.63) is 29.8 Å². The number of sulfonamides is 1. The number of nitrogens with two attached hydrogens (primary N) is 1. The Kier molecular flexibility index (Phi) is 5.70. The van der Waals surface area contributed by atoms with E-state index in [4.69, 9.17) is 5.73 Å². The molecule has 0 aromatic heterocycles. The fraction of sp³-hybridized carbons (Fsp3) is 0.429. The van der Waals surface area contributed by atoms with E-state index in [-0.39, 0.29) is 30.1 Å². The topological polar surface area (TPSA) is 122 Å². The maximum absolute atomic E-state index is 13.0. The Morgan fingerprint density at radius 3 is 2.52 bits per heavy atom. The van der Waals surface area contributed by atoms with E-state index in [2.05, 4.69) is 5.32 Å². The van der Waals surface area contributed by atoms with Crippen LogP contribution >= 0.6 is 0 Å². The van der Waals surface area contributed by atoms with E-state index in [0.717, 1.165) is 4.31 Å². The summed E-state index contributed by atoms with van der Waals surface area (Å²) in [5.74, 6) is -4.38. The molecule has 0 unspecified atom stereocenters. The van der Waals surface area contributed by atoms with Crippen molar-refractivity contribution in [2.75, 3.05) is 32.7 Å². The van der Waals surface area contributed by atoms with Gasteiger partial charge in [-0.1, -0.05) is 0 Å². The largest absolute Gasteiger partial charge is 0.354 e. The second kappa shape index (κ2) is 7.42. The standard InChI is InChI=1S/C14H18F2N4O4S/c15-14(16,8-17)9-19-13(22)10-1-3-11(4-2-10)25(23,24)20-6-5-18-12(21)7-20/h1-4H,5-9,17H2,(H,18,21)(H,19,22). The molecule has 1 saturated heterocycles. The lowest BCUT2D eigenvalue weighted by Gasteiger charge is -2.25. The van der Waals surface area contributed by atoms with Crippen LogP contribution in [0.3, 0.4) is 0 Å². The Hall–Kier alpha value is -2.11. The highest BCUT2D eigenvalue weighted by Crippen LogP contribution is 2.17. The molecule has 4 N–H and O–H groups in total. The fourth-order valence-corrected chi connectivity index (χ4v) is 3.53.